The molecule has 1 saturated heterocycles. The summed E-state index contributed by atoms with van der Waals surface area (Å²) in [4.78, 5) is 36.2. The van der Waals surface area contributed by atoms with E-state index in [1.807, 2.05) is 13.8 Å². The monoisotopic (exact) mass is 289 g/mol. The summed E-state index contributed by atoms with van der Waals surface area (Å²) in [5.41, 5.74) is 0.269. The van der Waals surface area contributed by atoms with E-state index < -0.39 is 12.6 Å². The molecular formula is C15H15NO5. The van der Waals surface area contributed by atoms with Gasteiger partial charge in [-0.15, -0.1) is 0 Å². The second kappa shape index (κ2) is 4.31. The lowest BCUT2D eigenvalue weighted by molar-refractivity contribution is -0.139. The Morgan fingerprint density at radius 2 is 1.71 bits per heavy atom. The minimum atomic E-state index is -1.06. The van der Waals surface area contributed by atoms with Gasteiger partial charge in [0.05, 0.1) is 17.5 Å². The van der Waals surface area contributed by atoms with Gasteiger partial charge in [-0.1, -0.05) is 13.8 Å². The molecule has 6 nitrogen and oxygen atoms in total. The topological polar surface area (TPSA) is 83.9 Å². The van der Waals surface area contributed by atoms with E-state index in [0.29, 0.717) is 11.4 Å². The summed E-state index contributed by atoms with van der Waals surface area (Å²) in [6.07, 6.45) is 0. The Bertz CT molecular complexity index is 610. The number of nitrogens with zero attached hydrogens (tertiary/aromatic N) is 1. The summed E-state index contributed by atoms with van der Waals surface area (Å²) in [5.74, 6) is -1.43. The number of carboxylic acids is 1. The fourth-order valence-corrected chi connectivity index (χ4v) is 3.04. The molecule has 1 aromatic carbocycles. The molecule has 2 aliphatic rings. The molecule has 2 atom stereocenters. The van der Waals surface area contributed by atoms with Gasteiger partial charge in [-0.3, -0.25) is 14.5 Å². The molecule has 0 spiro atoms. The Morgan fingerprint density at radius 1 is 1.19 bits per heavy atom. The molecular weight excluding hydrogens is 274 g/mol. The second-order valence-corrected chi connectivity index (χ2v) is 5.96. The highest BCUT2D eigenvalue weighted by Gasteiger charge is 2.72. The average Bonchev–Trinajstić information content (AvgIpc) is 2.88. The maximum Gasteiger partial charge on any atom is 0.341 e. The molecule has 3 rings (SSSR count). The van der Waals surface area contributed by atoms with Gasteiger partial charge in [-0.25, -0.2) is 4.79 Å². The zero-order chi connectivity index (χ0) is 15.4. The highest BCUT2D eigenvalue weighted by atomic mass is 16.5. The van der Waals surface area contributed by atoms with Crippen LogP contribution in [0.4, 0.5) is 5.69 Å². The molecule has 0 radical (unpaired) electrons. The third-order valence-corrected chi connectivity index (χ3v) is 4.26. The average molecular weight is 289 g/mol. The molecule has 0 bridgehead atoms. The van der Waals surface area contributed by atoms with Crippen molar-refractivity contribution in [2.45, 2.75) is 13.8 Å². The highest BCUT2D eigenvalue weighted by molar-refractivity contribution is 6.25. The number of ether oxygens (including phenoxy) is 1. The van der Waals surface area contributed by atoms with Crippen molar-refractivity contribution in [1.29, 1.82) is 0 Å². The van der Waals surface area contributed by atoms with Crippen molar-refractivity contribution in [3.63, 3.8) is 0 Å². The van der Waals surface area contributed by atoms with Crippen molar-refractivity contribution in [2.24, 2.45) is 17.3 Å². The van der Waals surface area contributed by atoms with Gasteiger partial charge >= 0.3 is 5.97 Å². The van der Waals surface area contributed by atoms with Crippen LogP contribution in [0, 0.1) is 17.3 Å². The molecule has 1 aromatic rings. The molecule has 1 saturated carbocycles. The third-order valence-electron chi connectivity index (χ3n) is 4.26. The van der Waals surface area contributed by atoms with Gasteiger partial charge in [0.25, 0.3) is 0 Å². The highest BCUT2D eigenvalue weighted by Crippen LogP contribution is 2.63. The first-order chi connectivity index (χ1) is 9.84. The number of hydrogen-bond donors (Lipinski definition) is 1. The van der Waals surface area contributed by atoms with E-state index >= 15 is 0 Å². The zero-order valence-electron chi connectivity index (χ0n) is 11.7. The van der Waals surface area contributed by atoms with Gasteiger partial charge in [0, 0.05) is 0 Å². The van der Waals surface area contributed by atoms with E-state index in [1.54, 1.807) is 24.3 Å². The van der Waals surface area contributed by atoms with Crippen LogP contribution in [-0.4, -0.2) is 29.5 Å². The lowest BCUT2D eigenvalue weighted by atomic mass is 10.1. The number of hydrogen-bond acceptors (Lipinski definition) is 4. The Kier molecular flexibility index (Phi) is 2.79. The Balaban J connectivity index is 1.75. The van der Waals surface area contributed by atoms with Crippen LogP contribution in [0.25, 0.3) is 0 Å². The van der Waals surface area contributed by atoms with Crippen molar-refractivity contribution >= 4 is 23.5 Å². The number of carbonyl (C=O) groups is 3. The summed E-state index contributed by atoms with van der Waals surface area (Å²) in [5, 5.41) is 8.53. The predicted octanol–water partition coefficient (Wildman–Crippen LogP) is 1.30. The lowest BCUT2D eigenvalue weighted by Gasteiger charge is -2.20. The summed E-state index contributed by atoms with van der Waals surface area (Å²) < 4.78 is 5.01. The Hall–Kier alpha value is -2.37. The van der Waals surface area contributed by atoms with Crippen molar-refractivity contribution in [1.82, 2.24) is 0 Å². The number of rotatable bonds is 4. The molecule has 1 aliphatic carbocycles. The normalized spacial score (nSPS) is 25.7. The maximum absolute atomic E-state index is 12.3. The number of anilines is 1. The first-order valence-electron chi connectivity index (χ1n) is 6.66. The van der Waals surface area contributed by atoms with Crippen LogP contribution >= 0.6 is 0 Å². The van der Waals surface area contributed by atoms with E-state index in [0.717, 1.165) is 0 Å². The predicted molar refractivity (Wildman–Crippen MR) is 72.8 cm³/mol. The van der Waals surface area contributed by atoms with Crippen LogP contribution < -0.4 is 9.64 Å². The third kappa shape index (κ3) is 1.98. The van der Waals surface area contributed by atoms with E-state index in [2.05, 4.69) is 0 Å². The number of amides is 2. The Labute approximate surface area is 121 Å². The van der Waals surface area contributed by atoms with Crippen molar-refractivity contribution in [3.8, 4) is 5.75 Å². The van der Waals surface area contributed by atoms with Crippen molar-refractivity contribution in [2.75, 3.05) is 11.5 Å². The molecule has 1 heterocycles. The van der Waals surface area contributed by atoms with Crippen LogP contribution in [-0.2, 0) is 14.4 Å². The number of piperidine rings is 1. The molecule has 1 N–H and O–H groups in total. The minimum Gasteiger partial charge on any atom is -0.482 e. The molecule has 2 fully saturated rings. The molecule has 110 valence electrons. The van der Waals surface area contributed by atoms with Gasteiger partial charge in [0.15, 0.2) is 6.61 Å². The van der Waals surface area contributed by atoms with Crippen LogP contribution in [0.3, 0.4) is 0 Å². The fourth-order valence-electron chi connectivity index (χ4n) is 3.04. The summed E-state index contributed by atoms with van der Waals surface area (Å²) in [6, 6.07) is 6.28. The summed E-state index contributed by atoms with van der Waals surface area (Å²) >= 11 is 0. The fraction of sp³-hybridized carbons (Fsp3) is 0.400. The molecule has 6 heteroatoms. The zero-order valence-corrected chi connectivity index (χ0v) is 11.7. The van der Waals surface area contributed by atoms with Gasteiger partial charge < -0.3 is 9.84 Å². The van der Waals surface area contributed by atoms with Gasteiger partial charge in [0.1, 0.15) is 5.75 Å². The molecule has 0 aromatic heterocycles. The van der Waals surface area contributed by atoms with Crippen LogP contribution in [0.15, 0.2) is 24.3 Å². The number of carboxylic acid groups (broad SMARTS) is 1. The first kappa shape index (κ1) is 13.6. The summed E-state index contributed by atoms with van der Waals surface area (Å²) in [7, 11) is 0. The van der Waals surface area contributed by atoms with E-state index in [1.165, 1.54) is 4.90 Å². The molecule has 21 heavy (non-hydrogen) atoms. The molecule has 2 unspecified atom stereocenters. The van der Waals surface area contributed by atoms with Crippen molar-refractivity contribution < 1.29 is 24.2 Å². The number of fused-ring (bicyclic) bond motifs is 1. The number of aliphatic carboxylic acids is 1. The van der Waals surface area contributed by atoms with E-state index in [-0.39, 0.29) is 29.1 Å². The number of benzene rings is 1. The van der Waals surface area contributed by atoms with Crippen LogP contribution in [0.1, 0.15) is 13.8 Å². The first-order valence-corrected chi connectivity index (χ1v) is 6.66. The van der Waals surface area contributed by atoms with Gasteiger partial charge in [0.2, 0.25) is 11.8 Å². The quantitative estimate of drug-likeness (QED) is 0.844. The molecule has 2 amide bonds. The summed E-state index contributed by atoms with van der Waals surface area (Å²) in [6.45, 7) is 3.43. The Morgan fingerprint density at radius 3 is 2.19 bits per heavy atom. The van der Waals surface area contributed by atoms with E-state index in [4.69, 9.17) is 9.84 Å². The van der Waals surface area contributed by atoms with Crippen molar-refractivity contribution in [3.05, 3.63) is 24.3 Å². The van der Waals surface area contributed by atoms with Gasteiger partial charge in [-0.05, 0) is 29.7 Å². The van der Waals surface area contributed by atoms with Crippen LogP contribution in [0.5, 0.6) is 5.75 Å². The maximum atomic E-state index is 12.3. The van der Waals surface area contributed by atoms with Crippen LogP contribution in [0.2, 0.25) is 0 Å². The standard InChI is InChI=1S/C15H15NO5/c1-15(2)11-12(15)14(20)16(13(11)19)8-3-5-9(6-4-8)21-7-10(17)18/h3-6,11-12H,7H2,1-2H3,(H,17,18). The minimum absolute atomic E-state index is 0.158. The largest absolute Gasteiger partial charge is 0.482 e. The molecule has 1 aliphatic heterocycles. The van der Waals surface area contributed by atoms with E-state index in [9.17, 15) is 14.4 Å². The SMILES string of the molecule is CC1(C)C2C(=O)N(c3ccc(OCC(=O)O)cc3)C(=O)C21. The smallest absolute Gasteiger partial charge is 0.341 e. The number of carbonyl (C=O) groups excluding carboxylic acids is 2. The second-order valence-electron chi connectivity index (χ2n) is 5.96. The van der Waals surface area contributed by atoms with Gasteiger partial charge in [-0.2, -0.15) is 0 Å². The number of imide groups is 1. The lowest BCUT2D eigenvalue weighted by Crippen LogP contribution is -2.36.